The van der Waals surface area contributed by atoms with E-state index in [1.807, 2.05) is 12.3 Å². The first-order valence-corrected chi connectivity index (χ1v) is 26.9. The first-order valence-electron chi connectivity index (χ1n) is 25.8. The van der Waals surface area contributed by atoms with Crippen LogP contribution in [0.15, 0.2) is 212 Å². The molecule has 6 nitrogen and oxygen atoms in total. The molecule has 14 rings (SSSR count). The molecule has 7 heteroatoms. The van der Waals surface area contributed by atoms with Crippen LogP contribution in [-0.2, 0) is 30.2 Å². The molecule has 0 aliphatic rings. The summed E-state index contributed by atoms with van der Waals surface area (Å²) in [7, 11) is 0. The quantitative estimate of drug-likeness (QED) is 0.160. The van der Waals surface area contributed by atoms with Crippen molar-refractivity contribution in [2.75, 3.05) is 0 Å². The number of fused-ring (bicyclic) bond motifs is 10. The predicted molar refractivity (Wildman–Crippen MR) is 307 cm³/mol. The van der Waals surface area contributed by atoms with Crippen molar-refractivity contribution in [3.8, 4) is 50.9 Å². The minimum absolute atomic E-state index is 0.0836. The fraction of sp³-hybridized carbons (Fsp3) is 0.118. The van der Waals surface area contributed by atoms with Crippen LogP contribution in [-0.4, -0.2) is 23.1 Å². The normalized spacial score (nSPS) is 12.5. The molecule has 0 fully saturated rings. The third-order valence-corrected chi connectivity index (χ3v) is 16.3. The van der Waals surface area contributed by atoms with E-state index in [1.54, 1.807) is 0 Å². The third-order valence-electron chi connectivity index (χ3n) is 15.3. The maximum absolute atomic E-state index is 7.16. The van der Waals surface area contributed by atoms with E-state index in [0.717, 1.165) is 59.9 Å². The fourth-order valence-electron chi connectivity index (χ4n) is 11.6. The Bertz CT molecular complexity index is 4580. The molecule has 0 atom stereocenters. The van der Waals surface area contributed by atoms with Crippen molar-refractivity contribution in [1.82, 2.24) is 23.1 Å². The van der Waals surface area contributed by atoms with Crippen LogP contribution in [0.25, 0.3) is 110 Å². The van der Waals surface area contributed by atoms with Gasteiger partial charge in [-0.05, 0) is 12.1 Å². The number of imidazole rings is 1. The number of hydrogen-bond donors (Lipinski definition) is 0. The zero-order valence-corrected chi connectivity index (χ0v) is 44.9. The van der Waals surface area contributed by atoms with E-state index in [4.69, 9.17) is 9.72 Å². The van der Waals surface area contributed by atoms with Gasteiger partial charge in [-0.25, -0.2) is 0 Å². The molecular weight excluding hydrogens is 1100 g/mol. The van der Waals surface area contributed by atoms with Gasteiger partial charge in [-0.3, -0.25) is 0 Å². The Hall–Kier alpha value is -8.31. The van der Waals surface area contributed by atoms with E-state index in [1.165, 1.54) is 76.9 Å². The SMILES string of the molecule is CC(C)(C)c1cc(Oc2ccc3c4cc5c6cccc7c8ccccc8n(c5cc4n(-c4ccccn4)c3c2)c76)cc(-n2[c](=[Pt])n(-c3c(-c4ccccc4)cc(C(C)(C)C)cc3-c3ccccc3)c3ccccc32)c1. The molecule has 75 heavy (non-hydrogen) atoms. The molecule has 5 aromatic heterocycles. The number of benzene rings is 9. The second kappa shape index (κ2) is 16.9. The molecule has 0 amide bonds. The van der Waals surface area contributed by atoms with E-state index in [2.05, 4.69) is 279 Å². The molecular formula is C68H53N5OPt. The van der Waals surface area contributed by atoms with Crippen molar-refractivity contribution < 1.29 is 24.1 Å². The topological polar surface area (TPSA) is 41.3 Å². The monoisotopic (exact) mass is 1150 g/mol. The molecule has 5 heterocycles. The van der Waals surface area contributed by atoms with Gasteiger partial charge in [0.25, 0.3) is 0 Å². The summed E-state index contributed by atoms with van der Waals surface area (Å²) in [4.78, 5) is 4.96. The van der Waals surface area contributed by atoms with Crippen molar-refractivity contribution in [3.63, 3.8) is 0 Å². The molecule has 0 aliphatic carbocycles. The average molecular weight is 1150 g/mol. The number of rotatable bonds is 7. The number of nitrogens with zero attached hydrogens (tertiary/aromatic N) is 5. The van der Waals surface area contributed by atoms with Gasteiger partial charge in [0, 0.05) is 27.7 Å². The Morgan fingerprint density at radius 2 is 0.960 bits per heavy atom. The van der Waals surface area contributed by atoms with E-state index in [0.29, 0.717) is 0 Å². The summed E-state index contributed by atoms with van der Waals surface area (Å²) < 4.78 is 17.8. The summed E-state index contributed by atoms with van der Waals surface area (Å²) in [5.74, 6) is 2.36. The van der Waals surface area contributed by atoms with Crippen LogP contribution >= 0.6 is 0 Å². The van der Waals surface area contributed by atoms with Crippen LogP contribution in [0.2, 0.25) is 0 Å². The van der Waals surface area contributed by atoms with Crippen LogP contribution in [0, 0.1) is 3.80 Å². The molecule has 9 aromatic carbocycles. The van der Waals surface area contributed by atoms with Gasteiger partial charge in [-0.2, -0.15) is 0 Å². The Kier molecular flexibility index (Phi) is 10.2. The minimum atomic E-state index is -0.187. The van der Waals surface area contributed by atoms with Gasteiger partial charge < -0.3 is 4.40 Å². The molecule has 0 bridgehead atoms. The molecule has 0 spiro atoms. The van der Waals surface area contributed by atoms with Gasteiger partial charge in [-0.1, -0.05) is 42.5 Å². The Morgan fingerprint density at radius 1 is 0.400 bits per heavy atom. The number of para-hydroxylation sites is 4. The summed E-state index contributed by atoms with van der Waals surface area (Å²) in [6.07, 6.45) is 1.88. The molecule has 366 valence electrons. The zero-order valence-electron chi connectivity index (χ0n) is 42.7. The molecule has 0 aliphatic heterocycles. The molecule has 14 aromatic rings. The summed E-state index contributed by atoms with van der Waals surface area (Å²) >= 11 is 2.56. The fourth-order valence-corrected chi connectivity index (χ4v) is 12.7. The van der Waals surface area contributed by atoms with Crippen LogP contribution in [0.4, 0.5) is 0 Å². The molecule has 0 N–H and O–H groups in total. The average Bonchev–Trinajstić information content (AvgIpc) is 4.20. The van der Waals surface area contributed by atoms with Crippen LogP contribution in [0.3, 0.4) is 0 Å². The van der Waals surface area contributed by atoms with Crippen molar-refractivity contribution in [2.45, 2.75) is 52.4 Å². The Morgan fingerprint density at radius 3 is 1.63 bits per heavy atom. The number of pyridine rings is 1. The molecule has 0 unspecified atom stereocenters. The Labute approximate surface area is 446 Å². The van der Waals surface area contributed by atoms with Crippen molar-refractivity contribution >= 4 is 70.9 Å². The van der Waals surface area contributed by atoms with Gasteiger partial charge in [0.1, 0.15) is 0 Å². The van der Waals surface area contributed by atoms with Crippen molar-refractivity contribution in [2.24, 2.45) is 0 Å². The number of hydrogen-bond acceptors (Lipinski definition) is 2. The Balaban J connectivity index is 0.965. The predicted octanol–water partition coefficient (Wildman–Crippen LogP) is 17.9. The number of ether oxygens (including phenoxy) is 1. The van der Waals surface area contributed by atoms with E-state index in [-0.39, 0.29) is 10.8 Å². The molecule has 0 radical (unpaired) electrons. The van der Waals surface area contributed by atoms with E-state index >= 15 is 0 Å². The standard InChI is InChI=1S/C68H53N5O.Pt/c1-67(2,3)45-34-47(70-42-71(60-29-16-15-28-59(60)70)65-54(43-20-9-7-10-21-43)36-46(68(4,5)6)37-55(65)44-22-11-8-12-23-44)38-49(35-45)74-48-31-32-51-56-40-57-53-26-19-25-52-50-24-13-14-27-58(50)73(66(52)53)63(57)41-62(56)72(61(51)39-48)64-30-17-18-33-69-64;/h7-41H,1-6H3;. The zero-order chi connectivity index (χ0) is 50.9. The van der Waals surface area contributed by atoms with Crippen molar-refractivity contribution in [3.05, 3.63) is 227 Å². The van der Waals surface area contributed by atoms with E-state index in [9.17, 15) is 0 Å². The van der Waals surface area contributed by atoms with Crippen molar-refractivity contribution in [1.29, 1.82) is 0 Å². The van der Waals surface area contributed by atoms with E-state index < -0.39 is 0 Å². The molecule has 0 saturated heterocycles. The second-order valence-corrected chi connectivity index (χ2v) is 23.0. The molecule has 0 saturated carbocycles. The first-order chi connectivity index (χ1) is 36.4. The summed E-state index contributed by atoms with van der Waals surface area (Å²) in [5, 5.41) is 7.36. The summed E-state index contributed by atoms with van der Waals surface area (Å²) in [5.41, 5.74) is 17.1. The van der Waals surface area contributed by atoms with Gasteiger partial charge in [0.05, 0.1) is 16.6 Å². The van der Waals surface area contributed by atoms with Crippen LogP contribution in [0.5, 0.6) is 11.5 Å². The number of aromatic nitrogens is 5. The van der Waals surface area contributed by atoms with Gasteiger partial charge in [0.2, 0.25) is 0 Å². The van der Waals surface area contributed by atoms with Crippen LogP contribution in [0.1, 0.15) is 52.7 Å². The third kappa shape index (κ3) is 7.18. The first kappa shape index (κ1) is 45.3. The van der Waals surface area contributed by atoms with Gasteiger partial charge in [0.15, 0.2) is 0 Å². The summed E-state index contributed by atoms with van der Waals surface area (Å²) in [6, 6.07) is 75.0. The second-order valence-electron chi connectivity index (χ2n) is 22.0. The maximum atomic E-state index is 7.16. The van der Waals surface area contributed by atoms with Gasteiger partial charge >= 0.3 is 346 Å². The summed E-state index contributed by atoms with van der Waals surface area (Å²) in [6.45, 7) is 13.7. The van der Waals surface area contributed by atoms with Crippen LogP contribution < -0.4 is 4.74 Å². The van der Waals surface area contributed by atoms with Gasteiger partial charge in [-0.15, -0.1) is 0 Å².